The monoisotopic (exact) mass is 294 g/mol. The van der Waals surface area contributed by atoms with E-state index in [0.29, 0.717) is 0 Å². The Balaban J connectivity index is 2.65. The summed E-state index contributed by atoms with van der Waals surface area (Å²) in [5, 5.41) is 0. The molecule has 0 spiro atoms. The number of anilines is 1. The van der Waals surface area contributed by atoms with E-state index < -0.39 is 5.97 Å². The van der Waals surface area contributed by atoms with Gasteiger partial charge in [0.1, 0.15) is 5.82 Å². The van der Waals surface area contributed by atoms with Gasteiger partial charge < -0.3 is 14.5 Å². The number of ether oxygens (including phenoxy) is 1. The lowest BCUT2D eigenvalue weighted by atomic mass is 10.3. The van der Waals surface area contributed by atoms with Gasteiger partial charge in [0.2, 0.25) is 0 Å². The van der Waals surface area contributed by atoms with Crippen LogP contribution in [0.15, 0.2) is 12.4 Å². The van der Waals surface area contributed by atoms with Crippen molar-refractivity contribution in [2.24, 2.45) is 0 Å². The molecule has 1 aromatic rings. The van der Waals surface area contributed by atoms with Crippen molar-refractivity contribution >= 4 is 11.8 Å². The highest BCUT2D eigenvalue weighted by Crippen LogP contribution is 2.11. The first-order valence-corrected chi connectivity index (χ1v) is 7.53. The first-order chi connectivity index (χ1) is 10.2. The van der Waals surface area contributed by atoms with E-state index in [0.717, 1.165) is 45.0 Å². The first kappa shape index (κ1) is 17.4. The molecule has 0 aliphatic heterocycles. The van der Waals surface area contributed by atoms with E-state index in [1.165, 1.54) is 13.3 Å². The number of carbonyl (C=O) groups excluding carboxylic acids is 1. The van der Waals surface area contributed by atoms with Gasteiger partial charge in [0.25, 0.3) is 0 Å². The number of nitrogens with zero attached hydrogens (tertiary/aromatic N) is 4. The molecule has 0 atom stereocenters. The lowest BCUT2D eigenvalue weighted by molar-refractivity contribution is 0.0593. The minimum Gasteiger partial charge on any atom is -0.464 e. The van der Waals surface area contributed by atoms with Crippen molar-refractivity contribution < 1.29 is 9.53 Å². The van der Waals surface area contributed by atoms with Gasteiger partial charge in [-0.2, -0.15) is 0 Å². The Kier molecular flexibility index (Phi) is 7.68. The van der Waals surface area contributed by atoms with E-state index in [1.807, 2.05) is 0 Å². The molecule has 0 saturated heterocycles. The molecule has 0 radical (unpaired) electrons. The molecule has 0 bridgehead atoms. The Morgan fingerprint density at radius 2 is 1.86 bits per heavy atom. The van der Waals surface area contributed by atoms with E-state index in [2.05, 4.69) is 45.3 Å². The standard InChI is InChI=1S/C15H26N4O2/c1-5-18(6-2)9-8-10-19(7-3)14-12-16-11-13(17-14)15(20)21-4/h11-12H,5-10H2,1-4H3. The van der Waals surface area contributed by atoms with Crippen LogP contribution >= 0.6 is 0 Å². The first-order valence-electron chi connectivity index (χ1n) is 7.53. The smallest absolute Gasteiger partial charge is 0.358 e. The highest BCUT2D eigenvalue weighted by Gasteiger charge is 2.12. The molecule has 0 amide bonds. The SMILES string of the molecule is CCN(CC)CCCN(CC)c1cncc(C(=O)OC)n1. The second-order valence-electron chi connectivity index (χ2n) is 4.71. The molecule has 6 heteroatoms. The van der Waals surface area contributed by atoms with Crippen LogP contribution in [0.25, 0.3) is 0 Å². The molecule has 0 unspecified atom stereocenters. The fourth-order valence-electron chi connectivity index (χ4n) is 2.17. The zero-order chi connectivity index (χ0) is 15.7. The van der Waals surface area contributed by atoms with E-state index in [-0.39, 0.29) is 5.69 Å². The van der Waals surface area contributed by atoms with Crippen molar-refractivity contribution in [2.75, 3.05) is 44.7 Å². The van der Waals surface area contributed by atoms with Gasteiger partial charge in [-0.25, -0.2) is 9.78 Å². The minimum absolute atomic E-state index is 0.247. The summed E-state index contributed by atoms with van der Waals surface area (Å²) in [6.07, 6.45) is 4.17. The summed E-state index contributed by atoms with van der Waals surface area (Å²) in [5.74, 6) is 0.267. The average molecular weight is 294 g/mol. The summed E-state index contributed by atoms with van der Waals surface area (Å²) in [6, 6.07) is 0. The quantitative estimate of drug-likeness (QED) is 0.648. The molecule has 0 aliphatic carbocycles. The van der Waals surface area contributed by atoms with Crippen LogP contribution < -0.4 is 4.90 Å². The Morgan fingerprint density at radius 3 is 2.43 bits per heavy atom. The van der Waals surface area contributed by atoms with Crippen molar-refractivity contribution in [3.8, 4) is 0 Å². The number of methoxy groups -OCH3 is 1. The molecule has 0 aromatic carbocycles. The highest BCUT2D eigenvalue weighted by atomic mass is 16.5. The fraction of sp³-hybridized carbons (Fsp3) is 0.667. The number of rotatable bonds is 9. The number of hydrogen-bond donors (Lipinski definition) is 0. The molecular weight excluding hydrogens is 268 g/mol. The fourth-order valence-corrected chi connectivity index (χ4v) is 2.17. The van der Waals surface area contributed by atoms with Crippen LogP contribution in [-0.4, -0.2) is 60.7 Å². The zero-order valence-corrected chi connectivity index (χ0v) is 13.5. The van der Waals surface area contributed by atoms with Crippen LogP contribution in [0.5, 0.6) is 0 Å². The van der Waals surface area contributed by atoms with E-state index in [1.54, 1.807) is 6.20 Å². The predicted octanol–water partition coefficient (Wildman–Crippen LogP) is 1.82. The van der Waals surface area contributed by atoms with E-state index in [4.69, 9.17) is 0 Å². The Hall–Kier alpha value is -1.69. The highest BCUT2D eigenvalue weighted by molar-refractivity contribution is 5.87. The predicted molar refractivity (Wildman–Crippen MR) is 83.7 cm³/mol. The summed E-state index contributed by atoms with van der Waals surface area (Å²) in [7, 11) is 1.35. The molecule has 0 fully saturated rings. The summed E-state index contributed by atoms with van der Waals surface area (Å²) in [4.78, 5) is 24.4. The van der Waals surface area contributed by atoms with Crippen molar-refractivity contribution in [3.63, 3.8) is 0 Å². The molecule has 1 heterocycles. The molecule has 1 rings (SSSR count). The largest absolute Gasteiger partial charge is 0.464 e. The molecule has 0 N–H and O–H groups in total. The molecular formula is C15H26N4O2. The lowest BCUT2D eigenvalue weighted by Gasteiger charge is -2.24. The van der Waals surface area contributed by atoms with Crippen molar-refractivity contribution in [1.29, 1.82) is 0 Å². The third-order valence-electron chi connectivity index (χ3n) is 3.52. The van der Waals surface area contributed by atoms with Gasteiger partial charge in [-0.15, -0.1) is 0 Å². The van der Waals surface area contributed by atoms with E-state index in [9.17, 15) is 4.79 Å². The maximum Gasteiger partial charge on any atom is 0.358 e. The van der Waals surface area contributed by atoms with Crippen LogP contribution in [0, 0.1) is 0 Å². The summed E-state index contributed by atoms with van der Waals surface area (Å²) < 4.78 is 4.68. The van der Waals surface area contributed by atoms with Crippen LogP contribution in [0.3, 0.4) is 0 Å². The maximum atomic E-state index is 11.5. The average Bonchev–Trinajstić information content (AvgIpc) is 2.54. The van der Waals surface area contributed by atoms with Crippen LogP contribution in [0.1, 0.15) is 37.7 Å². The van der Waals surface area contributed by atoms with E-state index >= 15 is 0 Å². The van der Waals surface area contributed by atoms with Gasteiger partial charge in [0.15, 0.2) is 5.69 Å². The van der Waals surface area contributed by atoms with Gasteiger partial charge in [-0.05, 0) is 33.0 Å². The van der Waals surface area contributed by atoms with Crippen LogP contribution in [-0.2, 0) is 4.74 Å². The number of carbonyl (C=O) groups is 1. The number of esters is 1. The number of aromatic nitrogens is 2. The minimum atomic E-state index is -0.455. The molecule has 0 saturated carbocycles. The topological polar surface area (TPSA) is 58.6 Å². The van der Waals surface area contributed by atoms with Crippen LogP contribution in [0.4, 0.5) is 5.82 Å². The van der Waals surface area contributed by atoms with Crippen molar-refractivity contribution in [1.82, 2.24) is 14.9 Å². The van der Waals surface area contributed by atoms with Crippen LogP contribution in [0.2, 0.25) is 0 Å². The van der Waals surface area contributed by atoms with Gasteiger partial charge in [-0.1, -0.05) is 13.8 Å². The Morgan fingerprint density at radius 1 is 1.14 bits per heavy atom. The zero-order valence-electron chi connectivity index (χ0n) is 13.5. The molecule has 21 heavy (non-hydrogen) atoms. The summed E-state index contributed by atoms with van der Waals surface area (Å²) in [6.45, 7) is 11.3. The third-order valence-corrected chi connectivity index (χ3v) is 3.52. The molecule has 0 aliphatic rings. The lowest BCUT2D eigenvalue weighted by Crippen LogP contribution is -2.30. The number of hydrogen-bond acceptors (Lipinski definition) is 6. The Labute approximate surface area is 127 Å². The molecule has 6 nitrogen and oxygen atoms in total. The molecule has 1 aromatic heterocycles. The van der Waals surface area contributed by atoms with Gasteiger partial charge >= 0.3 is 5.97 Å². The normalized spacial score (nSPS) is 10.7. The van der Waals surface area contributed by atoms with Gasteiger partial charge in [0, 0.05) is 13.1 Å². The van der Waals surface area contributed by atoms with Crippen molar-refractivity contribution in [3.05, 3.63) is 18.1 Å². The molecule has 118 valence electrons. The third kappa shape index (κ3) is 5.30. The van der Waals surface area contributed by atoms with Crippen molar-refractivity contribution in [2.45, 2.75) is 27.2 Å². The van der Waals surface area contributed by atoms with Gasteiger partial charge in [-0.3, -0.25) is 4.98 Å². The van der Waals surface area contributed by atoms with Gasteiger partial charge in [0.05, 0.1) is 19.5 Å². The second kappa shape index (κ2) is 9.28. The Bertz CT molecular complexity index is 435. The second-order valence-corrected chi connectivity index (χ2v) is 4.71. The summed E-state index contributed by atoms with van der Waals surface area (Å²) >= 11 is 0. The summed E-state index contributed by atoms with van der Waals surface area (Å²) in [5.41, 5.74) is 0.247. The maximum absolute atomic E-state index is 11.5.